The van der Waals surface area contributed by atoms with Crippen LogP contribution in [0.2, 0.25) is 0 Å². The van der Waals surface area contributed by atoms with E-state index in [4.69, 9.17) is 28.4 Å². The van der Waals surface area contributed by atoms with Gasteiger partial charge in [-0.1, -0.05) is 0 Å². The minimum Gasteiger partial charge on any atom is -0.456 e. The molecule has 0 radical (unpaired) electrons. The lowest BCUT2D eigenvalue weighted by molar-refractivity contribution is -0.181. The first-order valence-electron chi connectivity index (χ1n) is 10.3. The van der Waals surface area contributed by atoms with Gasteiger partial charge >= 0.3 is 23.9 Å². The number of rotatable bonds is 4. The summed E-state index contributed by atoms with van der Waals surface area (Å²) in [7, 11) is 0. The zero-order valence-corrected chi connectivity index (χ0v) is 18.7. The molecule has 2 heterocycles. The van der Waals surface area contributed by atoms with Crippen LogP contribution in [-0.4, -0.2) is 60.9 Å². The summed E-state index contributed by atoms with van der Waals surface area (Å²) >= 11 is 0. The average molecular weight is 475 g/mol. The highest BCUT2D eigenvalue weighted by molar-refractivity contribution is 6.08. The third-order valence-electron chi connectivity index (χ3n) is 5.25. The molecule has 0 aromatic heterocycles. The highest BCUT2D eigenvalue weighted by atomic mass is 16.7. The number of esters is 4. The van der Waals surface area contributed by atoms with Crippen LogP contribution >= 0.6 is 0 Å². The van der Waals surface area contributed by atoms with Crippen LogP contribution in [0.15, 0.2) is 12.1 Å². The highest BCUT2D eigenvalue weighted by Crippen LogP contribution is 2.49. The van der Waals surface area contributed by atoms with E-state index in [0.29, 0.717) is 5.57 Å². The van der Waals surface area contributed by atoms with E-state index in [2.05, 4.69) is 5.32 Å². The van der Waals surface area contributed by atoms with Crippen LogP contribution in [-0.2, 0) is 33.4 Å². The van der Waals surface area contributed by atoms with Crippen molar-refractivity contribution in [1.82, 2.24) is 5.32 Å². The second-order valence-electron chi connectivity index (χ2n) is 7.75. The molecule has 2 unspecified atom stereocenters. The second-order valence-corrected chi connectivity index (χ2v) is 7.75. The van der Waals surface area contributed by atoms with Crippen LogP contribution < -0.4 is 19.5 Å². The van der Waals surface area contributed by atoms with Gasteiger partial charge in [-0.25, -0.2) is 0 Å². The Morgan fingerprint density at radius 1 is 0.912 bits per heavy atom. The number of ether oxygens (including phenoxy) is 6. The maximum atomic E-state index is 13.2. The summed E-state index contributed by atoms with van der Waals surface area (Å²) in [6.45, 7) is 4.48. The summed E-state index contributed by atoms with van der Waals surface area (Å²) in [6.07, 6.45) is -2.13. The number of hydrogen-bond acceptors (Lipinski definition) is 11. The number of carbonyl (C=O) groups is 5. The van der Waals surface area contributed by atoms with Gasteiger partial charge in [-0.15, -0.1) is 0 Å². The number of nitrogens with one attached hydrogen (secondary N) is 1. The molecular weight excluding hydrogens is 454 g/mol. The van der Waals surface area contributed by atoms with Crippen molar-refractivity contribution >= 4 is 35.4 Å². The molecule has 0 bridgehead atoms. The first kappa shape index (κ1) is 23.1. The maximum absolute atomic E-state index is 13.2. The van der Waals surface area contributed by atoms with Gasteiger partial charge in [-0.05, 0) is 17.7 Å². The van der Waals surface area contributed by atoms with Crippen molar-refractivity contribution in [3.63, 3.8) is 0 Å². The van der Waals surface area contributed by atoms with E-state index in [1.54, 1.807) is 0 Å². The molecule has 1 aromatic rings. The van der Waals surface area contributed by atoms with Crippen molar-refractivity contribution < 1.29 is 52.4 Å². The zero-order chi connectivity index (χ0) is 24.7. The van der Waals surface area contributed by atoms with Gasteiger partial charge < -0.3 is 33.7 Å². The predicted octanol–water partition coefficient (Wildman–Crippen LogP) is 0.645. The van der Waals surface area contributed by atoms with E-state index in [0.717, 1.165) is 13.8 Å². The fraction of sp³-hybridized carbons (Fsp3) is 0.409. The lowest BCUT2D eigenvalue weighted by atomic mass is 9.79. The molecule has 1 aliphatic carbocycles. The second kappa shape index (κ2) is 8.69. The van der Waals surface area contributed by atoms with E-state index < -0.39 is 54.1 Å². The summed E-state index contributed by atoms with van der Waals surface area (Å²) in [5, 5.41) is 2.71. The van der Waals surface area contributed by atoms with Crippen LogP contribution in [0.25, 0.3) is 5.57 Å². The van der Waals surface area contributed by atoms with Crippen LogP contribution in [0.4, 0.5) is 0 Å². The normalized spacial score (nSPS) is 24.0. The minimum atomic E-state index is -1.23. The SMILES string of the molecule is CC(=O)Oc1c2c(cc3c1C(=O)NC1C3=CC(OC(C)=O)[C@@H](OC(C)=O)[C@H]1OC(C)=O)OCO2. The van der Waals surface area contributed by atoms with Crippen LogP contribution in [0, 0.1) is 0 Å². The van der Waals surface area contributed by atoms with Gasteiger partial charge in [0, 0.05) is 33.3 Å². The summed E-state index contributed by atoms with van der Waals surface area (Å²) in [5.41, 5.74) is 0.642. The van der Waals surface area contributed by atoms with E-state index >= 15 is 0 Å². The zero-order valence-electron chi connectivity index (χ0n) is 18.7. The molecule has 1 N–H and O–H groups in total. The molecule has 12 heteroatoms. The van der Waals surface area contributed by atoms with Gasteiger partial charge in [-0.2, -0.15) is 0 Å². The number of amides is 1. The Labute approximate surface area is 193 Å². The summed E-state index contributed by atoms with van der Waals surface area (Å²) in [5.74, 6) is -3.27. The molecular formula is C22H21NO11. The predicted molar refractivity (Wildman–Crippen MR) is 110 cm³/mol. The van der Waals surface area contributed by atoms with Gasteiger partial charge in [0.1, 0.15) is 0 Å². The number of benzene rings is 1. The first-order valence-corrected chi connectivity index (χ1v) is 10.3. The van der Waals surface area contributed by atoms with Gasteiger partial charge in [0.2, 0.25) is 12.5 Å². The van der Waals surface area contributed by atoms with Crippen molar-refractivity contribution in [3.05, 3.63) is 23.3 Å². The molecule has 1 amide bonds. The molecule has 4 atom stereocenters. The van der Waals surface area contributed by atoms with E-state index in [-0.39, 0.29) is 35.2 Å². The van der Waals surface area contributed by atoms with Crippen molar-refractivity contribution in [2.75, 3.05) is 6.79 Å². The van der Waals surface area contributed by atoms with Crippen molar-refractivity contribution in [3.8, 4) is 17.2 Å². The molecule has 0 fully saturated rings. The lowest BCUT2D eigenvalue weighted by Crippen LogP contribution is -2.60. The average Bonchev–Trinajstić information content (AvgIpc) is 3.18. The number of carbonyl (C=O) groups excluding carboxylic acids is 5. The van der Waals surface area contributed by atoms with E-state index in [1.807, 2.05) is 0 Å². The van der Waals surface area contributed by atoms with Gasteiger partial charge in [0.15, 0.2) is 29.8 Å². The Balaban J connectivity index is 1.93. The fourth-order valence-electron chi connectivity index (χ4n) is 4.21. The summed E-state index contributed by atoms with van der Waals surface area (Å²) in [6, 6.07) is 0.537. The lowest BCUT2D eigenvalue weighted by Gasteiger charge is -2.42. The molecule has 2 aliphatic heterocycles. The largest absolute Gasteiger partial charge is 0.456 e. The molecule has 34 heavy (non-hydrogen) atoms. The Hall–Kier alpha value is -4.09. The van der Waals surface area contributed by atoms with Crippen LogP contribution in [0.3, 0.4) is 0 Å². The van der Waals surface area contributed by atoms with Gasteiger partial charge in [-0.3, -0.25) is 24.0 Å². The Bertz CT molecular complexity index is 1140. The highest BCUT2D eigenvalue weighted by Gasteiger charge is 2.50. The van der Waals surface area contributed by atoms with Gasteiger partial charge in [0.25, 0.3) is 5.91 Å². The standard InChI is InChI=1S/C22H21NO11/c1-8(24)31-15-6-13-12-5-14-18(30-7-29-14)20(33-10(3)26)16(12)22(28)23-17(13)21(34-11(4)27)19(15)32-9(2)25/h5-6,15,17,19,21H,7H2,1-4H3,(H,23,28)/t15?,17?,19-,21+/m1/s1. The first-order chi connectivity index (χ1) is 16.1. The van der Waals surface area contributed by atoms with E-state index in [9.17, 15) is 24.0 Å². The molecule has 1 aromatic carbocycles. The van der Waals surface area contributed by atoms with Crippen molar-refractivity contribution in [2.24, 2.45) is 0 Å². The monoisotopic (exact) mass is 475 g/mol. The Kier molecular flexibility index (Phi) is 5.90. The molecule has 180 valence electrons. The van der Waals surface area contributed by atoms with E-state index in [1.165, 1.54) is 26.0 Å². The van der Waals surface area contributed by atoms with Crippen LogP contribution in [0.1, 0.15) is 43.6 Å². The third-order valence-corrected chi connectivity index (χ3v) is 5.25. The summed E-state index contributed by atoms with van der Waals surface area (Å²) < 4.78 is 32.3. The molecule has 12 nitrogen and oxygen atoms in total. The molecule has 0 spiro atoms. The van der Waals surface area contributed by atoms with Crippen LogP contribution in [0.5, 0.6) is 17.2 Å². The Morgan fingerprint density at radius 2 is 1.56 bits per heavy atom. The topological polar surface area (TPSA) is 153 Å². The third kappa shape index (κ3) is 4.14. The number of hydrogen-bond donors (Lipinski definition) is 1. The Morgan fingerprint density at radius 3 is 2.18 bits per heavy atom. The maximum Gasteiger partial charge on any atom is 0.308 e. The molecule has 3 aliphatic rings. The van der Waals surface area contributed by atoms with Crippen molar-refractivity contribution in [1.29, 1.82) is 0 Å². The quantitative estimate of drug-likeness (QED) is 0.371. The number of fused-ring (bicyclic) bond motifs is 4. The van der Waals surface area contributed by atoms with Gasteiger partial charge in [0.05, 0.1) is 11.6 Å². The smallest absolute Gasteiger partial charge is 0.308 e. The molecule has 0 saturated carbocycles. The molecule has 0 saturated heterocycles. The molecule has 4 rings (SSSR count). The summed E-state index contributed by atoms with van der Waals surface area (Å²) in [4.78, 5) is 60.4. The van der Waals surface area contributed by atoms with Crippen molar-refractivity contribution in [2.45, 2.75) is 52.0 Å². The minimum absolute atomic E-state index is 0.0176. The fourth-order valence-corrected chi connectivity index (χ4v) is 4.21.